The maximum Gasteiger partial charge on any atom is 0.408 e. The van der Waals surface area contributed by atoms with Crippen LogP contribution in [0.2, 0.25) is 0 Å². The number of ether oxygens (including phenoxy) is 1. The first-order chi connectivity index (χ1) is 17.5. The van der Waals surface area contributed by atoms with E-state index in [1.807, 2.05) is 84.9 Å². The van der Waals surface area contributed by atoms with Gasteiger partial charge in [-0.25, -0.2) is 4.79 Å². The van der Waals surface area contributed by atoms with Gasteiger partial charge in [-0.3, -0.25) is 9.59 Å². The number of amides is 3. The minimum atomic E-state index is -0.972. The minimum Gasteiger partial charge on any atom is -0.445 e. The van der Waals surface area contributed by atoms with Crippen molar-refractivity contribution in [1.82, 2.24) is 15.6 Å². The highest BCUT2D eigenvalue weighted by Crippen LogP contribution is 2.19. The Kier molecular flexibility index (Phi) is 7.97. The third-order valence-corrected chi connectivity index (χ3v) is 5.86. The third-order valence-electron chi connectivity index (χ3n) is 5.86. The van der Waals surface area contributed by atoms with E-state index in [9.17, 15) is 14.4 Å². The first kappa shape index (κ1) is 24.5. The molecule has 4 aromatic rings. The quantitative estimate of drug-likeness (QED) is 0.276. The largest absolute Gasteiger partial charge is 0.445 e. The zero-order chi connectivity index (χ0) is 25.3. The van der Waals surface area contributed by atoms with Crippen LogP contribution in [0.5, 0.6) is 0 Å². The summed E-state index contributed by atoms with van der Waals surface area (Å²) in [6, 6.07) is 24.3. The molecule has 2 atom stereocenters. The van der Waals surface area contributed by atoms with Gasteiger partial charge in [0.1, 0.15) is 18.7 Å². The number of nitrogens with one attached hydrogen (secondary N) is 3. The Hall–Kier alpha value is -4.59. The monoisotopic (exact) mass is 484 g/mol. The zero-order valence-corrected chi connectivity index (χ0v) is 19.6. The van der Waals surface area contributed by atoms with Gasteiger partial charge in [0.15, 0.2) is 0 Å². The summed E-state index contributed by atoms with van der Waals surface area (Å²) >= 11 is 0. The topological polar surface area (TPSA) is 126 Å². The SMILES string of the molecule is NC(=O)C(Cc1c[nH]c2ccccc12)NC(=O)C(Cc1ccccc1)NC(=O)OCc1ccccc1. The number of H-pyrrole nitrogens is 1. The molecule has 0 fully saturated rings. The second kappa shape index (κ2) is 11.7. The lowest BCUT2D eigenvalue weighted by atomic mass is 10.0. The molecule has 0 aliphatic heterocycles. The maximum atomic E-state index is 13.3. The lowest BCUT2D eigenvalue weighted by Gasteiger charge is -2.22. The molecule has 0 saturated carbocycles. The number of para-hydroxylation sites is 1. The van der Waals surface area contributed by atoms with Crippen molar-refractivity contribution >= 4 is 28.8 Å². The van der Waals surface area contributed by atoms with E-state index < -0.39 is 30.0 Å². The van der Waals surface area contributed by atoms with Crippen LogP contribution in [0.15, 0.2) is 91.1 Å². The van der Waals surface area contributed by atoms with Gasteiger partial charge in [-0.05, 0) is 22.8 Å². The van der Waals surface area contributed by atoms with E-state index in [-0.39, 0.29) is 19.4 Å². The molecule has 3 amide bonds. The number of carbonyl (C=O) groups is 3. The summed E-state index contributed by atoms with van der Waals surface area (Å²) in [4.78, 5) is 41.2. The average Bonchev–Trinajstić information content (AvgIpc) is 3.30. The average molecular weight is 485 g/mol. The molecule has 0 saturated heterocycles. The number of alkyl carbamates (subject to hydrolysis) is 1. The number of nitrogens with two attached hydrogens (primary N) is 1. The molecule has 0 aliphatic carbocycles. The lowest BCUT2D eigenvalue weighted by molar-refractivity contribution is -0.128. The zero-order valence-electron chi connectivity index (χ0n) is 19.6. The van der Waals surface area contributed by atoms with Gasteiger partial charge in [-0.1, -0.05) is 78.9 Å². The summed E-state index contributed by atoms with van der Waals surface area (Å²) in [6.07, 6.45) is 1.49. The number of rotatable bonds is 10. The lowest BCUT2D eigenvalue weighted by Crippen LogP contribution is -2.54. The molecule has 8 nitrogen and oxygen atoms in total. The van der Waals surface area contributed by atoms with Crippen molar-refractivity contribution in [3.05, 3.63) is 108 Å². The van der Waals surface area contributed by atoms with E-state index in [0.717, 1.165) is 27.6 Å². The molecule has 0 bridgehead atoms. The summed E-state index contributed by atoms with van der Waals surface area (Å²) in [5.74, 6) is -1.20. The Morgan fingerprint density at radius 3 is 2.11 bits per heavy atom. The molecule has 0 spiro atoms. The fraction of sp³-hybridized carbons (Fsp3) is 0.179. The highest BCUT2D eigenvalue weighted by molar-refractivity contribution is 5.92. The summed E-state index contributed by atoms with van der Waals surface area (Å²) < 4.78 is 5.31. The molecule has 0 radical (unpaired) electrons. The van der Waals surface area contributed by atoms with Crippen molar-refractivity contribution in [1.29, 1.82) is 0 Å². The molecule has 8 heteroatoms. The number of hydrogen-bond donors (Lipinski definition) is 4. The van der Waals surface area contributed by atoms with Crippen molar-refractivity contribution in [2.45, 2.75) is 31.5 Å². The Bertz CT molecular complexity index is 1320. The normalized spacial score (nSPS) is 12.4. The summed E-state index contributed by atoms with van der Waals surface area (Å²) in [7, 11) is 0. The van der Waals surface area contributed by atoms with Crippen LogP contribution in [0.25, 0.3) is 10.9 Å². The molecular formula is C28H28N4O4. The molecule has 184 valence electrons. The molecule has 3 aromatic carbocycles. The Balaban J connectivity index is 1.46. The first-order valence-electron chi connectivity index (χ1n) is 11.7. The fourth-order valence-corrected chi connectivity index (χ4v) is 3.98. The fourth-order valence-electron chi connectivity index (χ4n) is 3.98. The van der Waals surface area contributed by atoms with Crippen molar-refractivity contribution in [3.63, 3.8) is 0 Å². The van der Waals surface area contributed by atoms with Gasteiger partial charge >= 0.3 is 6.09 Å². The van der Waals surface area contributed by atoms with Gasteiger partial charge in [-0.15, -0.1) is 0 Å². The highest BCUT2D eigenvalue weighted by atomic mass is 16.5. The predicted octanol–water partition coefficient (Wildman–Crippen LogP) is 3.22. The van der Waals surface area contributed by atoms with Crippen LogP contribution in [0, 0.1) is 0 Å². The third kappa shape index (κ3) is 6.50. The predicted molar refractivity (Wildman–Crippen MR) is 137 cm³/mol. The van der Waals surface area contributed by atoms with E-state index in [0.29, 0.717) is 0 Å². The first-order valence-corrected chi connectivity index (χ1v) is 11.7. The van der Waals surface area contributed by atoms with Gasteiger partial charge in [0, 0.05) is 29.9 Å². The van der Waals surface area contributed by atoms with Gasteiger partial charge in [0.05, 0.1) is 0 Å². The summed E-state index contributed by atoms with van der Waals surface area (Å²) in [5, 5.41) is 6.30. The Morgan fingerprint density at radius 2 is 1.42 bits per heavy atom. The van der Waals surface area contributed by atoms with E-state index in [2.05, 4.69) is 15.6 Å². The highest BCUT2D eigenvalue weighted by Gasteiger charge is 2.27. The molecule has 5 N–H and O–H groups in total. The number of benzene rings is 3. The Morgan fingerprint density at radius 1 is 0.778 bits per heavy atom. The molecule has 0 aliphatic rings. The van der Waals surface area contributed by atoms with Crippen LogP contribution in [-0.4, -0.2) is 35.0 Å². The standard InChI is InChI=1S/C28H28N4O4/c29-26(33)24(16-21-17-30-23-14-8-7-13-22(21)23)31-27(34)25(15-19-9-3-1-4-10-19)32-28(35)36-18-20-11-5-2-6-12-20/h1-14,17,24-25,30H,15-16,18H2,(H2,29,33)(H,31,34)(H,32,35). The number of aromatic amines is 1. The maximum absolute atomic E-state index is 13.3. The van der Waals surface area contributed by atoms with Crippen LogP contribution in [0.3, 0.4) is 0 Å². The van der Waals surface area contributed by atoms with Crippen LogP contribution < -0.4 is 16.4 Å². The van der Waals surface area contributed by atoms with E-state index >= 15 is 0 Å². The summed E-state index contributed by atoms with van der Waals surface area (Å²) in [5.41, 5.74) is 9.07. The minimum absolute atomic E-state index is 0.0663. The van der Waals surface area contributed by atoms with Crippen LogP contribution >= 0.6 is 0 Å². The van der Waals surface area contributed by atoms with E-state index in [1.165, 1.54) is 0 Å². The van der Waals surface area contributed by atoms with Gasteiger partial charge in [0.25, 0.3) is 0 Å². The van der Waals surface area contributed by atoms with E-state index in [4.69, 9.17) is 10.5 Å². The molecule has 2 unspecified atom stereocenters. The van der Waals surface area contributed by atoms with Crippen molar-refractivity contribution in [2.24, 2.45) is 5.73 Å². The van der Waals surface area contributed by atoms with Gasteiger partial charge in [-0.2, -0.15) is 0 Å². The van der Waals surface area contributed by atoms with Crippen LogP contribution in [0.1, 0.15) is 16.7 Å². The number of fused-ring (bicyclic) bond motifs is 1. The van der Waals surface area contributed by atoms with E-state index in [1.54, 1.807) is 6.20 Å². The molecular weight excluding hydrogens is 456 g/mol. The Labute approximate surface area is 208 Å². The molecule has 36 heavy (non-hydrogen) atoms. The molecule has 1 aromatic heterocycles. The number of primary amides is 1. The second-order valence-corrected chi connectivity index (χ2v) is 8.48. The van der Waals surface area contributed by atoms with Crippen LogP contribution in [-0.2, 0) is 33.8 Å². The smallest absolute Gasteiger partial charge is 0.408 e. The number of hydrogen-bond acceptors (Lipinski definition) is 4. The van der Waals surface area contributed by atoms with Crippen molar-refractivity contribution < 1.29 is 19.1 Å². The molecule has 1 heterocycles. The second-order valence-electron chi connectivity index (χ2n) is 8.48. The number of carbonyl (C=O) groups excluding carboxylic acids is 3. The molecule has 4 rings (SSSR count). The van der Waals surface area contributed by atoms with Gasteiger partial charge in [0.2, 0.25) is 11.8 Å². The number of aromatic nitrogens is 1. The van der Waals surface area contributed by atoms with Crippen molar-refractivity contribution in [2.75, 3.05) is 0 Å². The van der Waals surface area contributed by atoms with Crippen LogP contribution in [0.4, 0.5) is 4.79 Å². The van der Waals surface area contributed by atoms with Crippen molar-refractivity contribution in [3.8, 4) is 0 Å². The van der Waals surface area contributed by atoms with Gasteiger partial charge < -0.3 is 26.1 Å². The summed E-state index contributed by atoms with van der Waals surface area (Å²) in [6.45, 7) is 0.0663.